The molecule has 1 heterocycles. The zero-order valence-corrected chi connectivity index (χ0v) is 11.3. The number of hydrogen-bond acceptors (Lipinski definition) is 3. The quantitative estimate of drug-likeness (QED) is 0.794. The van der Waals surface area contributed by atoms with Gasteiger partial charge in [0.1, 0.15) is 0 Å². The molecule has 17 heavy (non-hydrogen) atoms. The third-order valence-electron chi connectivity index (χ3n) is 2.99. The van der Waals surface area contributed by atoms with Crippen LogP contribution in [0.25, 0.3) is 0 Å². The molecule has 6 heteroatoms. The van der Waals surface area contributed by atoms with E-state index in [1.807, 2.05) is 11.8 Å². The Kier molecular flexibility index (Phi) is 5.11. The number of carboxylic acid groups (broad SMARTS) is 1. The number of carbonyl (C=O) groups excluding carboxylic acids is 1. The van der Waals surface area contributed by atoms with E-state index in [1.54, 1.807) is 14.0 Å². The van der Waals surface area contributed by atoms with Crippen molar-refractivity contribution in [2.45, 2.75) is 19.9 Å². The van der Waals surface area contributed by atoms with Crippen LogP contribution in [-0.4, -0.2) is 53.1 Å². The SMILES string of the molecule is CC(CN(C)C(=O)NC1CSCC1C)C(=O)O. The normalized spacial score (nSPS) is 25.4. The minimum Gasteiger partial charge on any atom is -0.481 e. The van der Waals surface area contributed by atoms with Crippen molar-refractivity contribution >= 4 is 23.8 Å². The van der Waals surface area contributed by atoms with Crippen LogP contribution in [0.2, 0.25) is 0 Å². The van der Waals surface area contributed by atoms with E-state index < -0.39 is 11.9 Å². The number of aliphatic carboxylic acids is 1. The van der Waals surface area contributed by atoms with Crippen molar-refractivity contribution in [3.05, 3.63) is 0 Å². The van der Waals surface area contributed by atoms with Crippen molar-refractivity contribution in [2.24, 2.45) is 11.8 Å². The average Bonchev–Trinajstić information content (AvgIpc) is 2.64. The molecule has 2 amide bonds. The van der Waals surface area contributed by atoms with Crippen LogP contribution >= 0.6 is 11.8 Å². The second-order valence-electron chi connectivity index (χ2n) is 4.69. The Morgan fingerprint density at radius 2 is 2.18 bits per heavy atom. The third kappa shape index (κ3) is 4.11. The van der Waals surface area contributed by atoms with Crippen LogP contribution in [0.15, 0.2) is 0 Å². The van der Waals surface area contributed by atoms with Crippen LogP contribution in [0.1, 0.15) is 13.8 Å². The Morgan fingerprint density at radius 1 is 1.53 bits per heavy atom. The molecule has 0 spiro atoms. The molecule has 1 aliphatic rings. The molecular formula is C11H20N2O3S. The summed E-state index contributed by atoms with van der Waals surface area (Å²) in [5.74, 6) is 1.07. The maximum Gasteiger partial charge on any atom is 0.317 e. The lowest BCUT2D eigenvalue weighted by Crippen LogP contribution is -2.47. The molecule has 2 N–H and O–H groups in total. The number of rotatable bonds is 4. The largest absolute Gasteiger partial charge is 0.481 e. The van der Waals surface area contributed by atoms with Crippen LogP contribution in [0.5, 0.6) is 0 Å². The van der Waals surface area contributed by atoms with Gasteiger partial charge in [-0.1, -0.05) is 13.8 Å². The van der Waals surface area contributed by atoms with E-state index in [0.717, 1.165) is 11.5 Å². The minimum absolute atomic E-state index is 0.183. The molecule has 1 saturated heterocycles. The number of nitrogens with zero attached hydrogens (tertiary/aromatic N) is 1. The zero-order chi connectivity index (χ0) is 13.0. The maximum atomic E-state index is 11.8. The summed E-state index contributed by atoms with van der Waals surface area (Å²) in [7, 11) is 1.63. The zero-order valence-electron chi connectivity index (χ0n) is 10.5. The molecule has 0 aliphatic carbocycles. The maximum absolute atomic E-state index is 11.8. The van der Waals surface area contributed by atoms with Gasteiger partial charge < -0.3 is 15.3 Å². The van der Waals surface area contributed by atoms with Crippen LogP contribution in [0.3, 0.4) is 0 Å². The lowest BCUT2D eigenvalue weighted by molar-refractivity contribution is -0.141. The number of urea groups is 1. The lowest BCUT2D eigenvalue weighted by atomic mass is 10.1. The summed E-state index contributed by atoms with van der Waals surface area (Å²) in [6.45, 7) is 3.94. The molecule has 0 aromatic heterocycles. The number of nitrogens with one attached hydrogen (secondary N) is 1. The molecule has 0 aromatic carbocycles. The van der Waals surface area contributed by atoms with E-state index in [1.165, 1.54) is 4.90 Å². The van der Waals surface area contributed by atoms with Crippen molar-refractivity contribution in [1.29, 1.82) is 0 Å². The van der Waals surface area contributed by atoms with E-state index in [-0.39, 0.29) is 18.6 Å². The second kappa shape index (κ2) is 6.14. The van der Waals surface area contributed by atoms with Gasteiger partial charge in [0.25, 0.3) is 0 Å². The second-order valence-corrected chi connectivity index (χ2v) is 5.77. The predicted molar refractivity (Wildman–Crippen MR) is 68.2 cm³/mol. The first kappa shape index (κ1) is 14.2. The molecule has 0 saturated carbocycles. The summed E-state index contributed by atoms with van der Waals surface area (Å²) >= 11 is 1.84. The van der Waals surface area contributed by atoms with Gasteiger partial charge in [-0.2, -0.15) is 11.8 Å². The summed E-state index contributed by atoms with van der Waals surface area (Å²) < 4.78 is 0. The average molecular weight is 260 g/mol. The lowest BCUT2D eigenvalue weighted by Gasteiger charge is -2.24. The van der Waals surface area contributed by atoms with Crippen LogP contribution in [0, 0.1) is 11.8 Å². The van der Waals surface area contributed by atoms with E-state index in [9.17, 15) is 9.59 Å². The minimum atomic E-state index is -0.880. The molecule has 0 aromatic rings. The fourth-order valence-electron chi connectivity index (χ4n) is 1.69. The highest BCUT2D eigenvalue weighted by atomic mass is 32.2. The molecule has 3 atom stereocenters. The molecular weight excluding hydrogens is 240 g/mol. The van der Waals surface area contributed by atoms with Crippen molar-refractivity contribution in [1.82, 2.24) is 10.2 Å². The van der Waals surface area contributed by atoms with Gasteiger partial charge in [-0.05, 0) is 11.7 Å². The standard InChI is InChI=1S/C11H20N2O3S/c1-7(10(14)15)4-13(3)11(16)12-9-6-17-5-8(9)2/h7-9H,4-6H2,1-3H3,(H,12,16)(H,14,15). The Bertz CT molecular complexity index is 298. The fourth-order valence-corrected chi connectivity index (χ4v) is 3.09. The number of carbonyl (C=O) groups is 2. The molecule has 3 unspecified atom stereocenters. The smallest absolute Gasteiger partial charge is 0.317 e. The summed E-state index contributed by atoms with van der Waals surface area (Å²) in [4.78, 5) is 23.9. The Labute approximate surface area is 106 Å². The van der Waals surface area contributed by atoms with Gasteiger partial charge in [0.2, 0.25) is 0 Å². The number of carboxylic acids is 1. The number of hydrogen-bond donors (Lipinski definition) is 2. The van der Waals surface area contributed by atoms with E-state index >= 15 is 0 Å². The van der Waals surface area contributed by atoms with Crippen LogP contribution < -0.4 is 5.32 Å². The first-order valence-corrected chi connectivity index (χ1v) is 6.89. The van der Waals surface area contributed by atoms with Gasteiger partial charge in [-0.15, -0.1) is 0 Å². The van der Waals surface area contributed by atoms with Crippen molar-refractivity contribution < 1.29 is 14.7 Å². The van der Waals surface area contributed by atoms with E-state index in [4.69, 9.17) is 5.11 Å². The summed E-state index contributed by atoms with van der Waals surface area (Å²) in [6, 6.07) is 0.0209. The van der Waals surface area contributed by atoms with Crippen molar-refractivity contribution in [2.75, 3.05) is 25.1 Å². The summed E-state index contributed by atoms with van der Waals surface area (Å²) in [6.07, 6.45) is 0. The van der Waals surface area contributed by atoms with Crippen molar-refractivity contribution in [3.63, 3.8) is 0 Å². The highest BCUT2D eigenvalue weighted by Gasteiger charge is 2.27. The molecule has 98 valence electrons. The monoisotopic (exact) mass is 260 g/mol. The molecule has 1 rings (SSSR count). The van der Waals surface area contributed by atoms with Gasteiger partial charge in [0.05, 0.1) is 5.92 Å². The molecule has 1 aliphatic heterocycles. The highest BCUT2D eigenvalue weighted by Crippen LogP contribution is 2.23. The fraction of sp³-hybridized carbons (Fsp3) is 0.818. The van der Waals surface area contributed by atoms with Gasteiger partial charge >= 0.3 is 12.0 Å². The first-order valence-electron chi connectivity index (χ1n) is 5.74. The molecule has 0 bridgehead atoms. The van der Waals surface area contributed by atoms with Crippen molar-refractivity contribution in [3.8, 4) is 0 Å². The summed E-state index contributed by atoms with van der Waals surface area (Å²) in [5, 5.41) is 11.7. The first-order chi connectivity index (χ1) is 7.91. The Hall–Kier alpha value is -0.910. The number of amides is 2. The topological polar surface area (TPSA) is 69.6 Å². The van der Waals surface area contributed by atoms with Crippen LogP contribution in [0.4, 0.5) is 4.79 Å². The van der Waals surface area contributed by atoms with Crippen LogP contribution in [-0.2, 0) is 4.79 Å². The van der Waals surface area contributed by atoms with E-state index in [2.05, 4.69) is 12.2 Å². The number of thioether (sulfide) groups is 1. The van der Waals surface area contributed by atoms with Gasteiger partial charge in [0.15, 0.2) is 0 Å². The molecule has 0 radical (unpaired) electrons. The molecule has 1 fully saturated rings. The summed E-state index contributed by atoms with van der Waals surface area (Å²) in [5.41, 5.74) is 0. The highest BCUT2D eigenvalue weighted by molar-refractivity contribution is 7.99. The Balaban J connectivity index is 2.39. The van der Waals surface area contributed by atoms with Gasteiger partial charge in [-0.25, -0.2) is 4.79 Å². The molecule has 5 nitrogen and oxygen atoms in total. The predicted octanol–water partition coefficient (Wildman–Crippen LogP) is 1.10. The van der Waals surface area contributed by atoms with Gasteiger partial charge in [-0.3, -0.25) is 4.79 Å². The Morgan fingerprint density at radius 3 is 2.65 bits per heavy atom. The van der Waals surface area contributed by atoms with E-state index in [0.29, 0.717) is 5.92 Å². The van der Waals surface area contributed by atoms with Gasteiger partial charge in [0, 0.05) is 25.4 Å². The third-order valence-corrected chi connectivity index (χ3v) is 4.35.